The van der Waals surface area contributed by atoms with Crippen LogP contribution in [-0.4, -0.2) is 55.2 Å². The Kier molecular flexibility index (Phi) is 5.29. The minimum absolute atomic E-state index is 0.0671. The van der Waals surface area contributed by atoms with Gasteiger partial charge in [-0.3, -0.25) is 9.69 Å². The van der Waals surface area contributed by atoms with Crippen LogP contribution in [0.15, 0.2) is 0 Å². The van der Waals surface area contributed by atoms with Gasteiger partial charge < -0.3 is 15.8 Å². The first-order chi connectivity index (χ1) is 11.0. The van der Waals surface area contributed by atoms with Gasteiger partial charge in [0.05, 0.1) is 13.2 Å². The average Bonchev–Trinajstić information content (AvgIpc) is 2.48. The van der Waals surface area contributed by atoms with E-state index in [4.69, 9.17) is 10.5 Å². The third-order valence-electron chi connectivity index (χ3n) is 6.28. The molecule has 2 atom stereocenters. The summed E-state index contributed by atoms with van der Waals surface area (Å²) in [5.74, 6) is 1.57. The molecule has 0 aromatic heterocycles. The molecule has 1 saturated heterocycles. The molecule has 2 bridgehead atoms. The van der Waals surface area contributed by atoms with Crippen LogP contribution in [0.5, 0.6) is 0 Å². The summed E-state index contributed by atoms with van der Waals surface area (Å²) >= 11 is 0. The summed E-state index contributed by atoms with van der Waals surface area (Å²) in [4.78, 5) is 15.0. The van der Waals surface area contributed by atoms with Crippen LogP contribution in [-0.2, 0) is 9.53 Å². The fourth-order valence-electron chi connectivity index (χ4n) is 4.77. The van der Waals surface area contributed by atoms with E-state index >= 15 is 0 Å². The molecule has 3 aliphatic rings. The van der Waals surface area contributed by atoms with E-state index in [1.165, 1.54) is 19.3 Å². The molecule has 0 aromatic rings. The summed E-state index contributed by atoms with van der Waals surface area (Å²) in [6, 6.07) is 0.335. The maximum atomic E-state index is 12.5. The Bertz CT molecular complexity index is 412. The molecule has 1 amide bonds. The van der Waals surface area contributed by atoms with Crippen LogP contribution in [0, 0.1) is 17.8 Å². The summed E-state index contributed by atoms with van der Waals surface area (Å²) in [5.41, 5.74) is 6.39. The van der Waals surface area contributed by atoms with Gasteiger partial charge in [0, 0.05) is 37.1 Å². The number of fused-ring (bicyclic) bond motifs is 2. The van der Waals surface area contributed by atoms with E-state index in [9.17, 15) is 4.79 Å². The highest BCUT2D eigenvalue weighted by molar-refractivity contribution is 5.78. The number of ether oxygens (including phenoxy) is 1. The number of hydrogen-bond donors (Lipinski definition) is 2. The lowest BCUT2D eigenvalue weighted by Gasteiger charge is -2.44. The zero-order valence-corrected chi connectivity index (χ0v) is 14.7. The Morgan fingerprint density at radius 3 is 2.65 bits per heavy atom. The SMILES string of the molecule is CC1(C)COCCN1CCNC(=O)C1CC2CCCC(C1)C2N. The number of carbonyl (C=O) groups excluding carboxylic acids is 1. The van der Waals surface area contributed by atoms with Gasteiger partial charge in [0.1, 0.15) is 0 Å². The number of hydrogen-bond acceptors (Lipinski definition) is 4. The smallest absolute Gasteiger partial charge is 0.223 e. The molecule has 2 saturated carbocycles. The number of nitrogens with zero attached hydrogens (tertiary/aromatic N) is 1. The lowest BCUT2D eigenvalue weighted by atomic mass is 9.65. The van der Waals surface area contributed by atoms with Gasteiger partial charge >= 0.3 is 0 Å². The van der Waals surface area contributed by atoms with Gasteiger partial charge in [-0.05, 0) is 51.4 Å². The maximum absolute atomic E-state index is 12.5. The number of carbonyl (C=O) groups is 1. The lowest BCUT2D eigenvalue weighted by Crippen LogP contribution is -2.55. The molecule has 0 aromatic carbocycles. The van der Waals surface area contributed by atoms with Crippen molar-refractivity contribution < 1.29 is 9.53 Å². The second-order valence-electron chi connectivity index (χ2n) is 8.34. The van der Waals surface area contributed by atoms with E-state index in [-0.39, 0.29) is 17.4 Å². The molecule has 1 aliphatic heterocycles. The minimum Gasteiger partial charge on any atom is -0.378 e. The first-order valence-electron chi connectivity index (χ1n) is 9.33. The van der Waals surface area contributed by atoms with Gasteiger partial charge in [0.15, 0.2) is 0 Å². The van der Waals surface area contributed by atoms with Crippen LogP contribution in [0.25, 0.3) is 0 Å². The van der Waals surface area contributed by atoms with Crippen molar-refractivity contribution in [3.63, 3.8) is 0 Å². The quantitative estimate of drug-likeness (QED) is 0.820. The first kappa shape index (κ1) is 17.2. The summed E-state index contributed by atoms with van der Waals surface area (Å²) in [6.45, 7) is 8.56. The predicted molar refractivity (Wildman–Crippen MR) is 91.0 cm³/mol. The van der Waals surface area contributed by atoms with Crippen LogP contribution in [0.1, 0.15) is 46.0 Å². The van der Waals surface area contributed by atoms with Crippen molar-refractivity contribution in [3.05, 3.63) is 0 Å². The number of nitrogens with one attached hydrogen (secondary N) is 1. The molecule has 0 spiro atoms. The highest BCUT2D eigenvalue weighted by atomic mass is 16.5. The molecule has 1 heterocycles. The standard InChI is InChI=1S/C18H33N3O2/c1-18(2)12-23-9-8-21(18)7-6-20-17(22)15-10-13-4-3-5-14(11-15)16(13)19/h13-16H,3-12,19H2,1-2H3,(H,20,22). The monoisotopic (exact) mass is 323 g/mol. The van der Waals surface area contributed by atoms with Gasteiger partial charge in [0.2, 0.25) is 5.91 Å². The van der Waals surface area contributed by atoms with E-state index in [2.05, 4.69) is 24.1 Å². The molecular formula is C18H33N3O2. The van der Waals surface area contributed by atoms with Crippen LogP contribution in [0.2, 0.25) is 0 Å². The third-order valence-corrected chi connectivity index (χ3v) is 6.28. The van der Waals surface area contributed by atoms with E-state index in [1.54, 1.807) is 0 Å². The van der Waals surface area contributed by atoms with E-state index in [0.29, 0.717) is 17.9 Å². The molecule has 132 valence electrons. The molecule has 5 nitrogen and oxygen atoms in total. The van der Waals surface area contributed by atoms with E-state index in [1.807, 2.05) is 0 Å². The fourth-order valence-corrected chi connectivity index (χ4v) is 4.77. The molecule has 3 N–H and O–H groups in total. The topological polar surface area (TPSA) is 67.6 Å². The largest absolute Gasteiger partial charge is 0.378 e. The minimum atomic E-state index is 0.0671. The summed E-state index contributed by atoms with van der Waals surface area (Å²) in [5, 5.41) is 3.18. The highest BCUT2D eigenvalue weighted by Crippen LogP contribution is 2.41. The fraction of sp³-hybridized carbons (Fsp3) is 0.944. The first-order valence-corrected chi connectivity index (χ1v) is 9.33. The Labute approximate surface area is 140 Å². The molecule has 3 rings (SSSR count). The summed E-state index contributed by atoms with van der Waals surface area (Å²) in [6.07, 6.45) is 5.70. The van der Waals surface area contributed by atoms with Crippen molar-refractivity contribution in [1.82, 2.24) is 10.2 Å². The Morgan fingerprint density at radius 2 is 2.00 bits per heavy atom. The molecule has 3 fully saturated rings. The van der Waals surface area contributed by atoms with Crippen molar-refractivity contribution >= 4 is 5.91 Å². The Balaban J connectivity index is 1.45. The van der Waals surface area contributed by atoms with Gasteiger partial charge in [0.25, 0.3) is 0 Å². The second-order valence-corrected chi connectivity index (χ2v) is 8.34. The number of rotatable bonds is 4. The van der Waals surface area contributed by atoms with Crippen LogP contribution in [0.4, 0.5) is 0 Å². The summed E-state index contributed by atoms with van der Waals surface area (Å²) < 4.78 is 5.55. The van der Waals surface area contributed by atoms with Gasteiger partial charge in [-0.2, -0.15) is 0 Å². The highest BCUT2D eigenvalue weighted by Gasteiger charge is 2.40. The van der Waals surface area contributed by atoms with Crippen molar-refractivity contribution in [1.29, 1.82) is 0 Å². The third kappa shape index (κ3) is 3.89. The van der Waals surface area contributed by atoms with Gasteiger partial charge in [-0.15, -0.1) is 0 Å². The molecule has 0 radical (unpaired) electrons. The maximum Gasteiger partial charge on any atom is 0.223 e. The second kappa shape index (κ2) is 7.08. The van der Waals surface area contributed by atoms with Crippen LogP contribution in [0.3, 0.4) is 0 Å². The van der Waals surface area contributed by atoms with Crippen molar-refractivity contribution in [3.8, 4) is 0 Å². The molecule has 2 aliphatic carbocycles. The van der Waals surface area contributed by atoms with Gasteiger partial charge in [-0.25, -0.2) is 0 Å². The normalized spacial score (nSPS) is 37.3. The predicted octanol–water partition coefficient (Wildman–Crippen LogP) is 1.37. The lowest BCUT2D eigenvalue weighted by molar-refractivity contribution is -0.128. The molecule has 5 heteroatoms. The Hall–Kier alpha value is -0.650. The number of nitrogens with two attached hydrogens (primary N) is 1. The van der Waals surface area contributed by atoms with Crippen molar-refractivity contribution in [2.75, 3.05) is 32.8 Å². The van der Waals surface area contributed by atoms with E-state index < -0.39 is 0 Å². The van der Waals surface area contributed by atoms with E-state index in [0.717, 1.165) is 45.7 Å². The number of morpholine rings is 1. The molecule has 2 unspecified atom stereocenters. The zero-order chi connectivity index (χ0) is 16.4. The molecular weight excluding hydrogens is 290 g/mol. The van der Waals surface area contributed by atoms with Crippen LogP contribution < -0.4 is 11.1 Å². The zero-order valence-electron chi connectivity index (χ0n) is 14.7. The summed E-state index contributed by atoms with van der Waals surface area (Å²) in [7, 11) is 0. The number of amides is 1. The average molecular weight is 323 g/mol. The Morgan fingerprint density at radius 1 is 1.30 bits per heavy atom. The molecule has 23 heavy (non-hydrogen) atoms. The van der Waals surface area contributed by atoms with Crippen molar-refractivity contribution in [2.45, 2.75) is 57.5 Å². The van der Waals surface area contributed by atoms with Crippen molar-refractivity contribution in [2.24, 2.45) is 23.5 Å². The van der Waals surface area contributed by atoms with Gasteiger partial charge in [-0.1, -0.05) is 6.42 Å². The van der Waals surface area contributed by atoms with Crippen LogP contribution >= 0.6 is 0 Å².